The summed E-state index contributed by atoms with van der Waals surface area (Å²) in [6.45, 7) is 3.29. The van der Waals surface area contributed by atoms with Gasteiger partial charge in [0.25, 0.3) is 5.91 Å². The zero-order valence-corrected chi connectivity index (χ0v) is 19.5. The molecule has 0 N–H and O–H groups in total. The topological polar surface area (TPSA) is 36.4 Å². The van der Waals surface area contributed by atoms with Crippen molar-refractivity contribution in [2.75, 3.05) is 37.8 Å². The van der Waals surface area contributed by atoms with E-state index in [2.05, 4.69) is 11.9 Å². The fourth-order valence-corrected chi connectivity index (χ4v) is 4.68. The fraction of sp³-hybridized carbons (Fsp3) is 0.333. The van der Waals surface area contributed by atoms with Crippen molar-refractivity contribution in [1.82, 2.24) is 9.88 Å². The predicted molar refractivity (Wildman–Crippen MR) is 124 cm³/mol. The quantitative estimate of drug-likeness (QED) is 0.394. The molecule has 1 aromatic heterocycles. The first-order valence-electron chi connectivity index (χ1n) is 9.34. The molecule has 162 valence electrons. The van der Waals surface area contributed by atoms with E-state index in [0.29, 0.717) is 21.9 Å². The van der Waals surface area contributed by atoms with Crippen LogP contribution >= 0.6 is 35.5 Å². The van der Waals surface area contributed by atoms with Crippen LogP contribution in [0.1, 0.15) is 23.7 Å². The highest BCUT2D eigenvalue weighted by molar-refractivity contribution is 7.99. The Hall–Kier alpha value is -1.74. The van der Waals surface area contributed by atoms with Gasteiger partial charge in [0.1, 0.15) is 11.3 Å². The maximum Gasteiger partial charge on any atom is 0.260 e. The Morgan fingerprint density at radius 2 is 1.93 bits per heavy atom. The SMILES string of the molecule is CCSc1cccc(C(=O)N(CCCN(C)C)c2nc3c(F)cc(F)cc3s2)c1.Cl. The Kier molecular flexibility index (Phi) is 9.03. The van der Waals surface area contributed by atoms with Crippen LogP contribution in [0.3, 0.4) is 0 Å². The van der Waals surface area contributed by atoms with Crippen LogP contribution in [0.2, 0.25) is 0 Å². The van der Waals surface area contributed by atoms with E-state index in [-0.39, 0.29) is 23.8 Å². The van der Waals surface area contributed by atoms with Gasteiger partial charge in [-0.05, 0) is 57.1 Å². The molecule has 1 heterocycles. The van der Waals surface area contributed by atoms with Crippen molar-refractivity contribution in [3.05, 3.63) is 53.6 Å². The third-order valence-corrected chi connectivity index (χ3v) is 6.16. The summed E-state index contributed by atoms with van der Waals surface area (Å²) in [5.74, 6) is -0.654. The molecule has 9 heteroatoms. The number of thioether (sulfide) groups is 1. The third-order valence-electron chi connectivity index (χ3n) is 4.26. The Labute approximate surface area is 189 Å². The van der Waals surface area contributed by atoms with E-state index in [1.54, 1.807) is 22.7 Å². The highest BCUT2D eigenvalue weighted by atomic mass is 35.5. The second kappa shape index (κ2) is 11.0. The molecule has 3 aromatic rings. The van der Waals surface area contributed by atoms with E-state index >= 15 is 0 Å². The zero-order chi connectivity index (χ0) is 21.0. The normalized spacial score (nSPS) is 11.0. The molecule has 0 bridgehead atoms. The van der Waals surface area contributed by atoms with E-state index in [4.69, 9.17) is 0 Å². The molecule has 3 rings (SSSR count). The monoisotopic (exact) mass is 471 g/mol. The second-order valence-electron chi connectivity index (χ2n) is 6.81. The van der Waals surface area contributed by atoms with Gasteiger partial charge in [-0.3, -0.25) is 9.69 Å². The molecule has 0 radical (unpaired) electrons. The standard InChI is InChI=1S/C21H23F2N3OS2.ClH/c1-4-28-16-8-5-7-14(11-16)20(27)26(10-6-9-25(2)3)21-24-19-17(23)12-15(22)13-18(19)29-21;/h5,7-8,11-13H,4,6,9-10H2,1-3H3;1H. The summed E-state index contributed by atoms with van der Waals surface area (Å²) < 4.78 is 28.1. The van der Waals surface area contributed by atoms with E-state index in [1.807, 2.05) is 37.2 Å². The largest absolute Gasteiger partial charge is 0.309 e. The number of halogens is 3. The van der Waals surface area contributed by atoms with Crippen LogP contribution in [0.25, 0.3) is 10.2 Å². The number of anilines is 1. The molecule has 4 nitrogen and oxygen atoms in total. The number of benzene rings is 2. The van der Waals surface area contributed by atoms with E-state index in [0.717, 1.165) is 41.0 Å². The molecular weight excluding hydrogens is 448 g/mol. The van der Waals surface area contributed by atoms with Crippen molar-refractivity contribution in [2.24, 2.45) is 0 Å². The van der Waals surface area contributed by atoms with Crippen LogP contribution < -0.4 is 4.90 Å². The summed E-state index contributed by atoms with van der Waals surface area (Å²) in [5.41, 5.74) is 0.645. The number of thiazole rings is 1. The third kappa shape index (κ3) is 5.91. The van der Waals surface area contributed by atoms with Gasteiger partial charge in [-0.25, -0.2) is 13.8 Å². The maximum absolute atomic E-state index is 14.1. The number of hydrogen-bond acceptors (Lipinski definition) is 5. The van der Waals surface area contributed by atoms with E-state index in [9.17, 15) is 13.6 Å². The van der Waals surface area contributed by atoms with Crippen molar-refractivity contribution in [3.63, 3.8) is 0 Å². The highest BCUT2D eigenvalue weighted by Gasteiger charge is 2.22. The molecule has 0 spiro atoms. The van der Waals surface area contributed by atoms with Gasteiger partial charge in [0, 0.05) is 23.1 Å². The van der Waals surface area contributed by atoms with Gasteiger partial charge >= 0.3 is 0 Å². The number of hydrogen-bond donors (Lipinski definition) is 0. The average molecular weight is 472 g/mol. The summed E-state index contributed by atoms with van der Waals surface area (Å²) in [5, 5.41) is 0.377. The molecule has 2 aromatic carbocycles. The van der Waals surface area contributed by atoms with Gasteiger partial charge in [-0.1, -0.05) is 24.3 Å². The fourth-order valence-electron chi connectivity index (χ4n) is 2.93. The van der Waals surface area contributed by atoms with Crippen molar-refractivity contribution >= 4 is 56.8 Å². The number of nitrogens with zero attached hydrogens (tertiary/aromatic N) is 3. The smallest absolute Gasteiger partial charge is 0.260 e. The minimum absolute atomic E-state index is 0. The van der Waals surface area contributed by atoms with Crippen LogP contribution in [0.5, 0.6) is 0 Å². The van der Waals surface area contributed by atoms with Gasteiger partial charge in [-0.2, -0.15) is 0 Å². The molecular formula is C21H24ClF2N3OS2. The molecule has 0 aliphatic rings. The first-order chi connectivity index (χ1) is 13.9. The lowest BCUT2D eigenvalue weighted by Crippen LogP contribution is -2.33. The second-order valence-corrected chi connectivity index (χ2v) is 9.15. The predicted octanol–water partition coefficient (Wildman–Crippen LogP) is 5.71. The van der Waals surface area contributed by atoms with Crippen LogP contribution in [0.15, 0.2) is 41.3 Å². The molecule has 0 saturated heterocycles. The average Bonchev–Trinajstić information content (AvgIpc) is 3.09. The number of carbonyl (C=O) groups excluding carboxylic acids is 1. The molecule has 0 unspecified atom stereocenters. The molecule has 0 aliphatic carbocycles. The summed E-state index contributed by atoms with van der Waals surface area (Å²) in [4.78, 5) is 22.3. The summed E-state index contributed by atoms with van der Waals surface area (Å²) in [6, 6.07) is 9.53. The molecule has 0 atom stereocenters. The van der Waals surface area contributed by atoms with Crippen LogP contribution in [-0.4, -0.2) is 48.7 Å². The molecule has 30 heavy (non-hydrogen) atoms. The minimum Gasteiger partial charge on any atom is -0.309 e. The number of carbonyl (C=O) groups is 1. The van der Waals surface area contributed by atoms with Crippen molar-refractivity contribution < 1.29 is 13.6 Å². The summed E-state index contributed by atoms with van der Waals surface area (Å²) >= 11 is 2.79. The Bertz CT molecular complexity index is 1010. The van der Waals surface area contributed by atoms with Crippen molar-refractivity contribution in [1.29, 1.82) is 0 Å². The van der Waals surface area contributed by atoms with Crippen LogP contribution in [-0.2, 0) is 0 Å². The number of rotatable bonds is 8. The first-order valence-corrected chi connectivity index (χ1v) is 11.1. The maximum atomic E-state index is 14.1. The van der Waals surface area contributed by atoms with Gasteiger partial charge in [0.05, 0.1) is 4.70 Å². The Balaban J connectivity index is 0.00000320. The van der Waals surface area contributed by atoms with E-state index in [1.165, 1.54) is 6.07 Å². The van der Waals surface area contributed by atoms with Gasteiger partial charge < -0.3 is 4.90 Å². The number of fused-ring (bicyclic) bond motifs is 1. The van der Waals surface area contributed by atoms with Crippen molar-refractivity contribution in [3.8, 4) is 0 Å². The van der Waals surface area contributed by atoms with Gasteiger partial charge in [0.15, 0.2) is 10.9 Å². The number of amides is 1. The van der Waals surface area contributed by atoms with Crippen LogP contribution in [0.4, 0.5) is 13.9 Å². The molecule has 1 amide bonds. The van der Waals surface area contributed by atoms with E-state index < -0.39 is 11.6 Å². The first kappa shape index (κ1) is 24.5. The highest BCUT2D eigenvalue weighted by Crippen LogP contribution is 2.32. The van der Waals surface area contributed by atoms with Gasteiger partial charge in [0.2, 0.25) is 0 Å². The van der Waals surface area contributed by atoms with Crippen molar-refractivity contribution in [2.45, 2.75) is 18.2 Å². The lowest BCUT2D eigenvalue weighted by molar-refractivity contribution is 0.0986. The lowest BCUT2D eigenvalue weighted by Gasteiger charge is -2.21. The Morgan fingerprint density at radius 3 is 2.63 bits per heavy atom. The van der Waals surface area contributed by atoms with Gasteiger partial charge in [-0.15, -0.1) is 24.2 Å². The summed E-state index contributed by atoms with van der Waals surface area (Å²) in [7, 11) is 3.93. The Morgan fingerprint density at radius 1 is 1.17 bits per heavy atom. The molecule has 0 fully saturated rings. The zero-order valence-electron chi connectivity index (χ0n) is 17.0. The number of aromatic nitrogens is 1. The molecule has 0 aliphatic heterocycles. The summed E-state index contributed by atoms with van der Waals surface area (Å²) in [6.07, 6.45) is 0.731. The lowest BCUT2D eigenvalue weighted by atomic mass is 10.2. The minimum atomic E-state index is -0.718. The molecule has 0 saturated carbocycles. The van der Waals surface area contributed by atoms with Crippen LogP contribution in [0, 0.1) is 11.6 Å².